The van der Waals surface area contributed by atoms with Crippen LogP contribution in [-0.4, -0.2) is 21.8 Å². The van der Waals surface area contributed by atoms with Crippen LogP contribution in [0.4, 0.5) is 5.95 Å². The molecular formula is C11H12N4O. The maximum atomic E-state index is 5.59. The zero-order valence-electron chi connectivity index (χ0n) is 8.68. The number of fused-ring (bicyclic) bond motifs is 1. The highest BCUT2D eigenvalue weighted by atomic mass is 16.5. The van der Waals surface area contributed by atoms with E-state index in [9.17, 15) is 0 Å². The second kappa shape index (κ2) is 3.52. The van der Waals surface area contributed by atoms with Crippen molar-refractivity contribution in [1.29, 1.82) is 0 Å². The van der Waals surface area contributed by atoms with Gasteiger partial charge in [-0.25, -0.2) is 0 Å². The van der Waals surface area contributed by atoms with E-state index in [2.05, 4.69) is 21.2 Å². The molecule has 0 amide bonds. The summed E-state index contributed by atoms with van der Waals surface area (Å²) in [5.74, 6) is 2.23. The normalized spacial score (nSPS) is 18.9. The number of hydrogen-bond acceptors (Lipinski definition) is 4. The molecule has 0 fully saturated rings. The van der Waals surface area contributed by atoms with Crippen molar-refractivity contribution in [3.63, 3.8) is 0 Å². The molecule has 2 heterocycles. The number of hydrogen-bond donors (Lipinski definition) is 2. The maximum Gasteiger partial charge on any atom is 0.239 e. The van der Waals surface area contributed by atoms with Crippen LogP contribution < -0.4 is 10.5 Å². The van der Waals surface area contributed by atoms with Crippen LogP contribution in [0.3, 0.4) is 0 Å². The molecule has 2 aromatic rings. The Morgan fingerprint density at radius 1 is 1.38 bits per heavy atom. The minimum absolute atomic E-state index is 0.203. The van der Waals surface area contributed by atoms with Crippen LogP contribution in [0.1, 0.15) is 23.7 Å². The third-order valence-electron chi connectivity index (χ3n) is 2.81. The molecule has 3 N–H and O–H groups in total. The van der Waals surface area contributed by atoms with Crippen LogP contribution in [0, 0.1) is 0 Å². The predicted molar refractivity (Wildman–Crippen MR) is 59.2 cm³/mol. The first kappa shape index (κ1) is 9.21. The lowest BCUT2D eigenvalue weighted by atomic mass is 9.92. The number of ether oxygens (including phenoxy) is 1. The van der Waals surface area contributed by atoms with Gasteiger partial charge >= 0.3 is 0 Å². The fourth-order valence-electron chi connectivity index (χ4n) is 2.07. The number of nitrogens with one attached hydrogen (secondary N) is 1. The number of H-pyrrole nitrogens is 1. The van der Waals surface area contributed by atoms with E-state index < -0.39 is 0 Å². The molecule has 0 radical (unpaired) electrons. The van der Waals surface area contributed by atoms with Gasteiger partial charge in [0.05, 0.1) is 12.5 Å². The largest absolute Gasteiger partial charge is 0.493 e. The molecule has 0 spiro atoms. The minimum atomic E-state index is 0.203. The molecule has 1 atom stereocenters. The first-order valence-electron chi connectivity index (χ1n) is 5.24. The molecule has 1 aliphatic heterocycles. The van der Waals surface area contributed by atoms with Gasteiger partial charge in [-0.05, 0) is 12.5 Å². The van der Waals surface area contributed by atoms with Gasteiger partial charge in [-0.2, -0.15) is 4.98 Å². The van der Waals surface area contributed by atoms with Crippen LogP contribution in [0.5, 0.6) is 5.75 Å². The summed E-state index contributed by atoms with van der Waals surface area (Å²) in [5.41, 5.74) is 6.66. The Labute approximate surface area is 92.6 Å². The number of aromatic amines is 1. The van der Waals surface area contributed by atoms with E-state index in [1.807, 2.05) is 18.2 Å². The smallest absolute Gasteiger partial charge is 0.239 e. The van der Waals surface area contributed by atoms with Gasteiger partial charge in [0.15, 0.2) is 0 Å². The van der Waals surface area contributed by atoms with E-state index in [1.54, 1.807) is 0 Å². The molecule has 0 aliphatic carbocycles. The number of anilines is 1. The Hall–Kier alpha value is -2.04. The van der Waals surface area contributed by atoms with Gasteiger partial charge in [0.2, 0.25) is 5.95 Å². The van der Waals surface area contributed by atoms with Crippen molar-refractivity contribution < 1.29 is 4.74 Å². The molecule has 1 aromatic heterocycles. The Morgan fingerprint density at radius 3 is 3.06 bits per heavy atom. The zero-order valence-corrected chi connectivity index (χ0v) is 8.68. The molecule has 3 rings (SSSR count). The standard InChI is InChI=1S/C11H12N4O/c12-11-13-10(14-15-11)8-5-6-16-9-4-2-1-3-7(8)9/h1-4,8H,5-6H2,(H3,12,13,14,15). The number of nitrogen functional groups attached to an aromatic ring is 1. The molecule has 82 valence electrons. The number of para-hydroxylation sites is 1. The fraction of sp³-hybridized carbons (Fsp3) is 0.273. The average Bonchev–Trinajstić information content (AvgIpc) is 2.75. The van der Waals surface area contributed by atoms with Crippen molar-refractivity contribution in [3.8, 4) is 5.75 Å². The molecule has 0 saturated heterocycles. The predicted octanol–water partition coefficient (Wildman–Crippen LogP) is 1.30. The second-order valence-electron chi connectivity index (χ2n) is 3.81. The molecule has 0 saturated carbocycles. The van der Waals surface area contributed by atoms with Gasteiger partial charge in [0.25, 0.3) is 0 Å². The topological polar surface area (TPSA) is 76.8 Å². The number of nitrogens with two attached hydrogens (primary N) is 1. The molecule has 1 unspecified atom stereocenters. The Kier molecular flexibility index (Phi) is 2.02. The molecule has 5 heteroatoms. The summed E-state index contributed by atoms with van der Waals surface area (Å²) in [6.07, 6.45) is 0.894. The van der Waals surface area contributed by atoms with E-state index in [1.165, 1.54) is 0 Å². The molecule has 1 aromatic carbocycles. The third kappa shape index (κ3) is 1.41. The molecular weight excluding hydrogens is 204 g/mol. The van der Waals surface area contributed by atoms with Crippen LogP contribution in [0.25, 0.3) is 0 Å². The van der Waals surface area contributed by atoms with Crippen LogP contribution >= 0.6 is 0 Å². The van der Waals surface area contributed by atoms with Crippen molar-refractivity contribution in [2.24, 2.45) is 0 Å². The monoisotopic (exact) mass is 216 g/mol. The van der Waals surface area contributed by atoms with Crippen LogP contribution in [0.15, 0.2) is 24.3 Å². The SMILES string of the molecule is Nc1n[nH]c(C2CCOc3ccccc32)n1. The van der Waals surface area contributed by atoms with Gasteiger partial charge in [-0.3, -0.25) is 5.10 Å². The van der Waals surface area contributed by atoms with E-state index in [0.717, 1.165) is 23.6 Å². The lowest BCUT2D eigenvalue weighted by molar-refractivity contribution is 0.274. The highest BCUT2D eigenvalue weighted by Crippen LogP contribution is 2.36. The van der Waals surface area contributed by atoms with Crippen molar-refractivity contribution in [2.75, 3.05) is 12.3 Å². The third-order valence-corrected chi connectivity index (χ3v) is 2.81. The van der Waals surface area contributed by atoms with E-state index in [-0.39, 0.29) is 5.92 Å². The summed E-state index contributed by atoms with van der Waals surface area (Å²) >= 11 is 0. The fourth-order valence-corrected chi connectivity index (χ4v) is 2.07. The van der Waals surface area contributed by atoms with E-state index >= 15 is 0 Å². The number of nitrogens with zero attached hydrogens (tertiary/aromatic N) is 2. The summed E-state index contributed by atoms with van der Waals surface area (Å²) < 4.78 is 5.59. The molecule has 0 bridgehead atoms. The second-order valence-corrected chi connectivity index (χ2v) is 3.81. The maximum absolute atomic E-state index is 5.59. The van der Waals surface area contributed by atoms with Gasteiger partial charge in [0, 0.05) is 5.56 Å². The van der Waals surface area contributed by atoms with Crippen molar-refractivity contribution in [2.45, 2.75) is 12.3 Å². The van der Waals surface area contributed by atoms with Crippen molar-refractivity contribution in [3.05, 3.63) is 35.7 Å². The quantitative estimate of drug-likeness (QED) is 0.753. The van der Waals surface area contributed by atoms with Crippen LogP contribution in [-0.2, 0) is 0 Å². The Balaban J connectivity index is 2.04. The van der Waals surface area contributed by atoms with Gasteiger partial charge in [-0.1, -0.05) is 18.2 Å². The summed E-state index contributed by atoms with van der Waals surface area (Å²) in [6, 6.07) is 8.00. The van der Waals surface area contributed by atoms with Gasteiger partial charge in [-0.15, -0.1) is 5.10 Å². The lowest BCUT2D eigenvalue weighted by Crippen LogP contribution is -2.16. The highest BCUT2D eigenvalue weighted by molar-refractivity contribution is 5.41. The number of rotatable bonds is 1. The van der Waals surface area contributed by atoms with Gasteiger partial charge in [0.1, 0.15) is 11.6 Å². The van der Waals surface area contributed by atoms with Gasteiger partial charge < -0.3 is 10.5 Å². The van der Waals surface area contributed by atoms with E-state index in [4.69, 9.17) is 10.5 Å². The Bertz CT molecular complexity index is 508. The first-order valence-corrected chi connectivity index (χ1v) is 5.24. The minimum Gasteiger partial charge on any atom is -0.493 e. The summed E-state index contributed by atoms with van der Waals surface area (Å²) in [6.45, 7) is 0.697. The highest BCUT2D eigenvalue weighted by Gasteiger charge is 2.25. The van der Waals surface area contributed by atoms with E-state index in [0.29, 0.717) is 12.6 Å². The molecule has 16 heavy (non-hydrogen) atoms. The Morgan fingerprint density at radius 2 is 2.25 bits per heavy atom. The zero-order chi connectivity index (χ0) is 11.0. The summed E-state index contributed by atoms with van der Waals surface area (Å²) in [7, 11) is 0. The lowest BCUT2D eigenvalue weighted by Gasteiger charge is -2.23. The first-order chi connectivity index (χ1) is 7.84. The van der Waals surface area contributed by atoms with Crippen LogP contribution in [0.2, 0.25) is 0 Å². The number of aromatic nitrogens is 3. The average molecular weight is 216 g/mol. The number of benzene rings is 1. The summed E-state index contributed by atoms with van der Waals surface area (Å²) in [4.78, 5) is 4.19. The molecule has 1 aliphatic rings. The summed E-state index contributed by atoms with van der Waals surface area (Å²) in [5, 5.41) is 6.74. The molecule has 5 nitrogen and oxygen atoms in total. The van der Waals surface area contributed by atoms with Crippen molar-refractivity contribution in [1.82, 2.24) is 15.2 Å². The van der Waals surface area contributed by atoms with Crippen molar-refractivity contribution >= 4 is 5.95 Å².